The fourth-order valence-corrected chi connectivity index (χ4v) is 3.99. The first-order chi connectivity index (χ1) is 14.3. The van der Waals surface area contributed by atoms with Crippen molar-refractivity contribution in [2.45, 2.75) is 18.9 Å². The molecule has 1 aliphatic heterocycles. The molecule has 29 heavy (non-hydrogen) atoms. The molecule has 0 unspecified atom stereocenters. The van der Waals surface area contributed by atoms with E-state index in [1.165, 1.54) is 6.42 Å². The standard InChI is InChI=1S/C22H22BN5O/c23-27-12-4-5-17(14-27)28-22-20(13-24-15-25-22)21(26-28)16-8-10-19(11-9-16)29-18-6-2-1-3-7-18/h1-3,6-11,13,15,17H,4-5,12,14,23H2/t17-/m1/s1. The number of hydrogen-bond acceptors (Lipinski definition) is 5. The van der Waals surface area contributed by atoms with Gasteiger partial charge in [0.25, 0.3) is 0 Å². The minimum absolute atomic E-state index is 0.334. The summed E-state index contributed by atoms with van der Waals surface area (Å²) in [6.45, 7) is 2.13. The van der Waals surface area contributed by atoms with Crippen LogP contribution in [0.25, 0.3) is 22.3 Å². The Morgan fingerprint density at radius 1 is 1.00 bits per heavy atom. The molecule has 2 aromatic heterocycles. The summed E-state index contributed by atoms with van der Waals surface area (Å²) in [6, 6.07) is 18.2. The molecule has 0 spiro atoms. The highest BCUT2D eigenvalue weighted by atomic mass is 16.5. The van der Waals surface area contributed by atoms with Gasteiger partial charge in [0.1, 0.15) is 23.5 Å². The monoisotopic (exact) mass is 383 g/mol. The van der Waals surface area contributed by atoms with Gasteiger partial charge in [-0.05, 0) is 55.8 Å². The highest BCUT2D eigenvalue weighted by molar-refractivity contribution is 6.04. The zero-order valence-corrected chi connectivity index (χ0v) is 16.4. The maximum atomic E-state index is 5.91. The second kappa shape index (κ2) is 7.68. The number of rotatable bonds is 4. The third kappa shape index (κ3) is 3.61. The lowest BCUT2D eigenvalue weighted by Gasteiger charge is -2.30. The van der Waals surface area contributed by atoms with Crippen molar-refractivity contribution in [3.05, 3.63) is 67.1 Å². The highest BCUT2D eigenvalue weighted by Gasteiger charge is 2.23. The van der Waals surface area contributed by atoms with Crippen LogP contribution in [0.3, 0.4) is 0 Å². The summed E-state index contributed by atoms with van der Waals surface area (Å²) in [7, 11) is 2.17. The average molecular weight is 383 g/mol. The van der Waals surface area contributed by atoms with E-state index >= 15 is 0 Å². The molecule has 6 nitrogen and oxygen atoms in total. The minimum Gasteiger partial charge on any atom is -0.457 e. The van der Waals surface area contributed by atoms with E-state index in [-0.39, 0.29) is 0 Å². The number of aromatic nitrogens is 4. The number of benzene rings is 2. The van der Waals surface area contributed by atoms with Crippen molar-refractivity contribution in [1.29, 1.82) is 0 Å². The van der Waals surface area contributed by atoms with Gasteiger partial charge in [0.15, 0.2) is 13.6 Å². The van der Waals surface area contributed by atoms with E-state index in [9.17, 15) is 0 Å². The Hall–Kier alpha value is -3.19. The van der Waals surface area contributed by atoms with E-state index in [0.29, 0.717) is 6.04 Å². The summed E-state index contributed by atoms with van der Waals surface area (Å²) in [4.78, 5) is 11.2. The molecule has 0 aliphatic carbocycles. The number of hydrogen-bond donors (Lipinski definition) is 0. The van der Waals surface area contributed by atoms with E-state index in [2.05, 4.69) is 27.4 Å². The number of nitrogens with zero attached hydrogens (tertiary/aromatic N) is 5. The Morgan fingerprint density at radius 2 is 1.79 bits per heavy atom. The Balaban J connectivity index is 1.48. The molecule has 7 heteroatoms. The molecule has 0 bridgehead atoms. The largest absolute Gasteiger partial charge is 0.457 e. The Kier molecular flexibility index (Phi) is 4.73. The quantitative estimate of drug-likeness (QED) is 0.505. The van der Waals surface area contributed by atoms with E-state index in [4.69, 9.17) is 9.84 Å². The molecule has 1 atom stereocenters. The zero-order valence-electron chi connectivity index (χ0n) is 16.4. The topological polar surface area (TPSA) is 56.1 Å². The summed E-state index contributed by atoms with van der Waals surface area (Å²) in [5.74, 6) is 1.62. The van der Waals surface area contributed by atoms with Gasteiger partial charge in [-0.25, -0.2) is 14.6 Å². The molecule has 0 saturated carbocycles. The maximum Gasteiger partial charge on any atom is 0.185 e. The molecule has 0 N–H and O–H groups in total. The van der Waals surface area contributed by atoms with E-state index in [1.807, 2.05) is 60.8 Å². The number of fused-ring (bicyclic) bond motifs is 1. The summed E-state index contributed by atoms with van der Waals surface area (Å²) in [5, 5.41) is 5.96. The Bertz CT molecular complexity index is 1110. The first-order valence-electron chi connectivity index (χ1n) is 9.98. The van der Waals surface area contributed by atoms with E-state index in [1.54, 1.807) is 6.33 Å². The van der Waals surface area contributed by atoms with Gasteiger partial charge in [0.05, 0.1) is 11.4 Å². The number of ether oxygens (including phenoxy) is 1. The molecule has 1 aliphatic rings. The summed E-state index contributed by atoms with van der Waals surface area (Å²) in [6.07, 6.45) is 5.76. The number of piperidine rings is 1. The van der Waals surface area contributed by atoms with Crippen molar-refractivity contribution < 1.29 is 4.74 Å². The molecule has 1 fully saturated rings. The molecule has 3 heterocycles. The predicted octanol–water partition coefficient (Wildman–Crippen LogP) is 3.47. The molecule has 5 rings (SSSR count). The van der Waals surface area contributed by atoms with Crippen molar-refractivity contribution in [3.63, 3.8) is 0 Å². The van der Waals surface area contributed by atoms with Crippen LogP contribution in [0.4, 0.5) is 0 Å². The highest BCUT2D eigenvalue weighted by Crippen LogP contribution is 2.32. The SMILES string of the molecule is BN1CCC[C@@H](n2nc(-c3ccc(Oc4ccccc4)cc3)c3cncnc32)C1. The Morgan fingerprint density at radius 3 is 2.59 bits per heavy atom. The van der Waals surface area contributed by atoms with Crippen molar-refractivity contribution in [2.75, 3.05) is 13.1 Å². The molecule has 4 aromatic rings. The molecule has 2 aromatic carbocycles. The Labute approximate surface area is 170 Å². The third-order valence-electron chi connectivity index (χ3n) is 5.42. The van der Waals surface area contributed by atoms with Gasteiger partial charge in [-0.1, -0.05) is 18.2 Å². The number of para-hydroxylation sites is 1. The average Bonchev–Trinajstić information content (AvgIpc) is 3.15. The van der Waals surface area contributed by atoms with Crippen molar-refractivity contribution in [3.8, 4) is 22.8 Å². The fourth-order valence-electron chi connectivity index (χ4n) is 3.99. The lowest BCUT2D eigenvalue weighted by Crippen LogP contribution is -2.35. The van der Waals surface area contributed by atoms with Crippen molar-refractivity contribution >= 4 is 19.0 Å². The molecular formula is C22H22BN5O. The smallest absolute Gasteiger partial charge is 0.185 e. The third-order valence-corrected chi connectivity index (χ3v) is 5.42. The van der Waals surface area contributed by atoms with Crippen LogP contribution in [-0.4, -0.2) is 45.6 Å². The molecular weight excluding hydrogens is 361 g/mol. The first-order valence-corrected chi connectivity index (χ1v) is 9.98. The van der Waals surface area contributed by atoms with Crippen LogP contribution < -0.4 is 4.74 Å². The zero-order chi connectivity index (χ0) is 19.6. The fraction of sp³-hybridized carbons (Fsp3) is 0.227. The van der Waals surface area contributed by atoms with Crippen molar-refractivity contribution in [1.82, 2.24) is 24.6 Å². The van der Waals surface area contributed by atoms with Gasteiger partial charge >= 0.3 is 0 Å². The van der Waals surface area contributed by atoms with Gasteiger partial charge in [-0.3, -0.25) is 0 Å². The normalized spacial score (nSPS) is 17.4. The van der Waals surface area contributed by atoms with Crippen LogP contribution in [0.2, 0.25) is 0 Å². The summed E-state index contributed by atoms with van der Waals surface area (Å²) in [5.41, 5.74) is 2.85. The summed E-state index contributed by atoms with van der Waals surface area (Å²) >= 11 is 0. The maximum absolute atomic E-state index is 5.91. The van der Waals surface area contributed by atoms with E-state index < -0.39 is 0 Å². The van der Waals surface area contributed by atoms with Crippen LogP contribution in [0, 0.1) is 0 Å². The molecule has 1 saturated heterocycles. The van der Waals surface area contributed by atoms with E-state index in [0.717, 1.165) is 53.3 Å². The van der Waals surface area contributed by atoms with Crippen LogP contribution in [0.1, 0.15) is 18.9 Å². The van der Waals surface area contributed by atoms with Crippen LogP contribution >= 0.6 is 0 Å². The van der Waals surface area contributed by atoms with Gasteiger partial charge < -0.3 is 9.55 Å². The molecule has 0 amide bonds. The first kappa shape index (κ1) is 17.9. The van der Waals surface area contributed by atoms with Crippen LogP contribution in [0.5, 0.6) is 11.5 Å². The van der Waals surface area contributed by atoms with Gasteiger partial charge in [-0.2, -0.15) is 5.10 Å². The second-order valence-corrected chi connectivity index (χ2v) is 7.55. The molecule has 144 valence electrons. The lowest BCUT2D eigenvalue weighted by molar-refractivity contribution is 0.265. The van der Waals surface area contributed by atoms with Crippen molar-refractivity contribution in [2.24, 2.45) is 0 Å². The van der Waals surface area contributed by atoms with Crippen LogP contribution in [0.15, 0.2) is 67.1 Å². The van der Waals surface area contributed by atoms with Gasteiger partial charge in [-0.15, -0.1) is 0 Å². The molecule has 0 radical (unpaired) electrons. The van der Waals surface area contributed by atoms with Crippen LogP contribution in [-0.2, 0) is 0 Å². The predicted molar refractivity (Wildman–Crippen MR) is 116 cm³/mol. The van der Waals surface area contributed by atoms with Gasteiger partial charge in [0.2, 0.25) is 0 Å². The second-order valence-electron chi connectivity index (χ2n) is 7.55. The minimum atomic E-state index is 0.334. The lowest BCUT2D eigenvalue weighted by atomic mass is 10.0. The van der Waals surface area contributed by atoms with Gasteiger partial charge in [0, 0.05) is 18.3 Å². The summed E-state index contributed by atoms with van der Waals surface area (Å²) < 4.78 is 8.01.